The average molecular weight is 246 g/mol. The van der Waals surface area contributed by atoms with Crippen molar-refractivity contribution in [3.63, 3.8) is 0 Å². The van der Waals surface area contributed by atoms with Crippen LogP contribution in [0.3, 0.4) is 0 Å². The van der Waals surface area contributed by atoms with Crippen LogP contribution in [0, 0.1) is 0 Å². The molecule has 0 saturated heterocycles. The molecule has 6 heteroatoms. The fourth-order valence-corrected chi connectivity index (χ4v) is 2.12. The topological polar surface area (TPSA) is 74.6 Å². The number of rotatable bonds is 6. The molecular weight excluding hydrogens is 228 g/mol. The molecule has 96 valence electrons. The number of hydrogen-bond donors (Lipinski definition) is 1. The van der Waals surface area contributed by atoms with Crippen LogP contribution in [0.25, 0.3) is 0 Å². The van der Waals surface area contributed by atoms with Gasteiger partial charge >= 0.3 is 0 Å². The lowest BCUT2D eigenvalue weighted by molar-refractivity contribution is 0.596. The maximum absolute atomic E-state index is 5.49. The van der Waals surface area contributed by atoms with Gasteiger partial charge in [0.15, 0.2) is 0 Å². The Morgan fingerprint density at radius 1 is 1.39 bits per heavy atom. The van der Waals surface area contributed by atoms with Gasteiger partial charge in [-0.3, -0.25) is 0 Å². The summed E-state index contributed by atoms with van der Waals surface area (Å²) in [6.07, 6.45) is 10.2. The lowest BCUT2D eigenvalue weighted by atomic mass is 10.2. The van der Waals surface area contributed by atoms with Crippen LogP contribution in [-0.2, 0) is 13.0 Å². The predicted molar refractivity (Wildman–Crippen MR) is 67.0 cm³/mol. The van der Waals surface area contributed by atoms with E-state index in [0.717, 1.165) is 25.1 Å². The Morgan fingerprint density at radius 3 is 3.06 bits per heavy atom. The Balaban J connectivity index is 1.67. The second kappa shape index (κ2) is 4.89. The van der Waals surface area contributed by atoms with E-state index in [2.05, 4.69) is 19.9 Å². The second-order valence-electron chi connectivity index (χ2n) is 4.82. The van der Waals surface area contributed by atoms with Crippen LogP contribution in [0.4, 0.5) is 0 Å². The van der Waals surface area contributed by atoms with Crippen molar-refractivity contribution in [1.82, 2.24) is 24.5 Å². The molecule has 0 bridgehead atoms. The van der Waals surface area contributed by atoms with Gasteiger partial charge in [0.05, 0.1) is 30.5 Å². The molecule has 0 atom stereocenters. The van der Waals surface area contributed by atoms with E-state index in [1.807, 2.05) is 23.4 Å². The second-order valence-corrected chi connectivity index (χ2v) is 4.82. The summed E-state index contributed by atoms with van der Waals surface area (Å²) >= 11 is 0. The maximum Gasteiger partial charge on any atom is 0.0951 e. The number of imidazole rings is 1. The first-order chi connectivity index (χ1) is 8.86. The zero-order valence-electron chi connectivity index (χ0n) is 10.4. The van der Waals surface area contributed by atoms with Gasteiger partial charge in [-0.25, -0.2) is 9.67 Å². The van der Waals surface area contributed by atoms with Crippen LogP contribution in [0.2, 0.25) is 0 Å². The molecule has 0 unspecified atom stereocenters. The molecular formula is C12H18N6. The van der Waals surface area contributed by atoms with E-state index in [4.69, 9.17) is 5.73 Å². The summed E-state index contributed by atoms with van der Waals surface area (Å²) in [5.74, 6) is 0. The minimum Gasteiger partial charge on any atom is -0.330 e. The Labute approximate surface area is 106 Å². The summed E-state index contributed by atoms with van der Waals surface area (Å²) in [5, 5.41) is 8.30. The van der Waals surface area contributed by atoms with Crippen molar-refractivity contribution < 1.29 is 0 Å². The van der Waals surface area contributed by atoms with Gasteiger partial charge in [-0.05, 0) is 32.2 Å². The van der Waals surface area contributed by atoms with Gasteiger partial charge in [0.1, 0.15) is 0 Å². The third-order valence-corrected chi connectivity index (χ3v) is 3.23. The van der Waals surface area contributed by atoms with Crippen molar-refractivity contribution in [2.75, 3.05) is 6.54 Å². The van der Waals surface area contributed by atoms with Gasteiger partial charge in [-0.1, -0.05) is 5.21 Å². The molecule has 0 radical (unpaired) electrons. The molecule has 3 rings (SSSR count). The van der Waals surface area contributed by atoms with Crippen LogP contribution in [0.1, 0.15) is 36.7 Å². The fraction of sp³-hybridized carbons (Fsp3) is 0.583. The van der Waals surface area contributed by atoms with Gasteiger partial charge in [0.2, 0.25) is 0 Å². The van der Waals surface area contributed by atoms with Crippen LogP contribution in [-0.4, -0.2) is 31.1 Å². The Bertz CT molecular complexity index is 510. The monoisotopic (exact) mass is 246 g/mol. The highest BCUT2D eigenvalue weighted by atomic mass is 15.4. The minimum atomic E-state index is 0.655. The quantitative estimate of drug-likeness (QED) is 0.816. The van der Waals surface area contributed by atoms with Crippen molar-refractivity contribution in [3.8, 4) is 0 Å². The normalized spacial score (nSPS) is 15.2. The largest absolute Gasteiger partial charge is 0.330 e. The van der Waals surface area contributed by atoms with Crippen molar-refractivity contribution >= 4 is 0 Å². The van der Waals surface area contributed by atoms with E-state index < -0.39 is 0 Å². The minimum absolute atomic E-state index is 0.655. The van der Waals surface area contributed by atoms with E-state index >= 15 is 0 Å². The fourth-order valence-electron chi connectivity index (χ4n) is 2.12. The van der Waals surface area contributed by atoms with E-state index in [9.17, 15) is 0 Å². The van der Waals surface area contributed by atoms with Crippen molar-refractivity contribution in [3.05, 3.63) is 30.1 Å². The summed E-state index contributed by atoms with van der Waals surface area (Å²) in [6.45, 7) is 1.44. The molecule has 2 heterocycles. The smallest absolute Gasteiger partial charge is 0.0951 e. The zero-order valence-corrected chi connectivity index (χ0v) is 10.4. The first-order valence-corrected chi connectivity index (χ1v) is 6.46. The summed E-state index contributed by atoms with van der Waals surface area (Å²) < 4.78 is 4.13. The summed E-state index contributed by atoms with van der Waals surface area (Å²) in [5.41, 5.74) is 7.70. The third kappa shape index (κ3) is 2.43. The van der Waals surface area contributed by atoms with Gasteiger partial charge in [0.25, 0.3) is 0 Å². The molecule has 0 aromatic carbocycles. The van der Waals surface area contributed by atoms with Gasteiger partial charge in [-0.2, -0.15) is 0 Å². The van der Waals surface area contributed by atoms with E-state index in [0.29, 0.717) is 12.6 Å². The van der Waals surface area contributed by atoms with Crippen LogP contribution < -0.4 is 5.73 Å². The highest BCUT2D eigenvalue weighted by Crippen LogP contribution is 2.35. The Hall–Kier alpha value is -1.69. The first kappa shape index (κ1) is 11.4. The predicted octanol–water partition coefficient (Wildman–Crippen LogP) is 0.749. The SMILES string of the molecule is NCCCc1cn(Cc2cncn2C2CC2)nn1. The highest BCUT2D eigenvalue weighted by molar-refractivity contribution is 5.04. The lowest BCUT2D eigenvalue weighted by Gasteiger charge is -2.05. The number of nitrogens with two attached hydrogens (primary N) is 1. The standard InChI is InChI=1S/C12H18N6/c13-5-1-2-10-7-17(16-15-10)8-12-6-14-9-18(12)11-3-4-11/h6-7,9,11H,1-5,8,13H2. The summed E-state index contributed by atoms with van der Waals surface area (Å²) in [6, 6.07) is 0.655. The summed E-state index contributed by atoms with van der Waals surface area (Å²) in [4.78, 5) is 4.22. The molecule has 6 nitrogen and oxygen atoms in total. The molecule has 0 amide bonds. The third-order valence-electron chi connectivity index (χ3n) is 3.23. The lowest BCUT2D eigenvalue weighted by Crippen LogP contribution is -2.06. The van der Waals surface area contributed by atoms with Crippen LogP contribution in [0.5, 0.6) is 0 Å². The van der Waals surface area contributed by atoms with Gasteiger partial charge in [-0.15, -0.1) is 5.10 Å². The molecule has 2 aromatic heterocycles. The molecule has 2 N–H and O–H groups in total. The van der Waals surface area contributed by atoms with Gasteiger partial charge < -0.3 is 10.3 Å². The summed E-state index contributed by atoms with van der Waals surface area (Å²) in [7, 11) is 0. The molecule has 1 aliphatic carbocycles. The number of nitrogens with zero attached hydrogens (tertiary/aromatic N) is 5. The zero-order chi connectivity index (χ0) is 12.4. The van der Waals surface area contributed by atoms with E-state index in [-0.39, 0.29) is 0 Å². The molecule has 1 saturated carbocycles. The Kier molecular flexibility index (Phi) is 3.10. The molecule has 2 aromatic rings. The molecule has 1 aliphatic rings. The van der Waals surface area contributed by atoms with Crippen molar-refractivity contribution in [2.24, 2.45) is 5.73 Å². The van der Waals surface area contributed by atoms with Crippen LogP contribution in [0.15, 0.2) is 18.7 Å². The molecule has 1 fully saturated rings. The van der Waals surface area contributed by atoms with Crippen LogP contribution >= 0.6 is 0 Å². The maximum atomic E-state index is 5.49. The number of aryl methyl sites for hydroxylation is 1. The van der Waals surface area contributed by atoms with Crippen molar-refractivity contribution in [1.29, 1.82) is 0 Å². The van der Waals surface area contributed by atoms with Crippen molar-refractivity contribution in [2.45, 2.75) is 38.3 Å². The van der Waals surface area contributed by atoms with E-state index in [1.165, 1.54) is 18.5 Å². The highest BCUT2D eigenvalue weighted by Gasteiger charge is 2.25. The van der Waals surface area contributed by atoms with Gasteiger partial charge in [0, 0.05) is 12.2 Å². The average Bonchev–Trinajstić information content (AvgIpc) is 2.96. The Morgan fingerprint density at radius 2 is 2.28 bits per heavy atom. The molecule has 0 aliphatic heterocycles. The number of aromatic nitrogens is 5. The number of hydrogen-bond acceptors (Lipinski definition) is 4. The molecule has 18 heavy (non-hydrogen) atoms. The van der Waals surface area contributed by atoms with E-state index in [1.54, 1.807) is 0 Å². The molecule has 0 spiro atoms. The first-order valence-electron chi connectivity index (χ1n) is 6.46.